The van der Waals surface area contributed by atoms with Crippen LogP contribution in [0.2, 0.25) is 0 Å². The molecule has 1 aliphatic heterocycles. The fourth-order valence-corrected chi connectivity index (χ4v) is 3.84. The first kappa shape index (κ1) is 20.6. The molecule has 1 fully saturated rings. The van der Waals surface area contributed by atoms with Crippen molar-refractivity contribution in [2.75, 3.05) is 33.5 Å². The van der Waals surface area contributed by atoms with Crippen LogP contribution in [0.1, 0.15) is 43.7 Å². The quantitative estimate of drug-likeness (QED) is 0.515. The molecule has 0 N–H and O–H groups in total. The topological polar surface area (TPSA) is 21.7 Å². The predicted molar refractivity (Wildman–Crippen MR) is 118 cm³/mol. The minimum absolute atomic E-state index is 0.257. The van der Waals surface area contributed by atoms with E-state index in [4.69, 9.17) is 9.47 Å². The number of ether oxygens (including phenoxy) is 2. The van der Waals surface area contributed by atoms with Crippen molar-refractivity contribution >= 4 is 6.08 Å². The summed E-state index contributed by atoms with van der Waals surface area (Å²) in [6.45, 7) is 5.94. The first-order valence-electron chi connectivity index (χ1n) is 10.5. The Morgan fingerprint density at radius 1 is 1.00 bits per heavy atom. The molecule has 0 aromatic heterocycles. The monoisotopic (exact) mass is 379 g/mol. The lowest BCUT2D eigenvalue weighted by molar-refractivity contribution is 0.0515. The molecule has 28 heavy (non-hydrogen) atoms. The molecule has 2 aromatic rings. The highest BCUT2D eigenvalue weighted by molar-refractivity contribution is 5.79. The van der Waals surface area contributed by atoms with Crippen LogP contribution < -0.4 is 4.74 Å². The van der Waals surface area contributed by atoms with Crippen LogP contribution in [0.25, 0.3) is 17.2 Å². The van der Waals surface area contributed by atoms with Gasteiger partial charge in [0, 0.05) is 19.2 Å². The molecule has 0 radical (unpaired) electrons. The maximum atomic E-state index is 5.87. The van der Waals surface area contributed by atoms with Crippen LogP contribution in [0.4, 0.5) is 0 Å². The molecule has 3 rings (SSSR count). The van der Waals surface area contributed by atoms with E-state index >= 15 is 0 Å². The van der Waals surface area contributed by atoms with Crippen molar-refractivity contribution in [1.29, 1.82) is 0 Å². The number of piperidine rings is 1. The van der Waals surface area contributed by atoms with Gasteiger partial charge in [-0.3, -0.25) is 4.90 Å². The molecule has 1 aliphatic rings. The van der Waals surface area contributed by atoms with E-state index in [-0.39, 0.29) is 6.79 Å². The second kappa shape index (κ2) is 11.0. The minimum Gasteiger partial charge on any atom is -0.467 e. The molecule has 0 spiro atoms. The average molecular weight is 380 g/mol. The van der Waals surface area contributed by atoms with E-state index in [0.717, 1.165) is 30.7 Å². The summed E-state index contributed by atoms with van der Waals surface area (Å²) < 4.78 is 11.0. The highest BCUT2D eigenvalue weighted by Gasteiger charge is 2.11. The van der Waals surface area contributed by atoms with Crippen molar-refractivity contribution in [3.05, 3.63) is 59.7 Å². The molecule has 0 aliphatic carbocycles. The summed E-state index contributed by atoms with van der Waals surface area (Å²) in [7, 11) is 1.66. The number of likely N-dealkylation sites (tertiary alicyclic amines) is 1. The van der Waals surface area contributed by atoms with Crippen LogP contribution in [0, 0.1) is 0 Å². The second-order valence-electron chi connectivity index (χ2n) is 7.48. The van der Waals surface area contributed by atoms with Gasteiger partial charge in [-0.2, -0.15) is 0 Å². The number of nitrogens with zero attached hydrogens (tertiary/aromatic N) is 1. The number of benzene rings is 2. The SMILES string of the molecule is CCCc1ccc(OCOC)c(-c2ccccc2/C=C/CN2CCCCC2)c1. The normalized spacial score (nSPS) is 15.2. The fraction of sp³-hybridized carbons (Fsp3) is 0.440. The zero-order valence-electron chi connectivity index (χ0n) is 17.3. The van der Waals surface area contributed by atoms with E-state index in [1.54, 1.807) is 7.11 Å². The lowest BCUT2D eigenvalue weighted by atomic mass is 9.95. The smallest absolute Gasteiger partial charge is 0.188 e. The third-order valence-corrected chi connectivity index (χ3v) is 5.28. The van der Waals surface area contributed by atoms with Gasteiger partial charge in [-0.25, -0.2) is 0 Å². The van der Waals surface area contributed by atoms with Crippen LogP contribution in [0.5, 0.6) is 5.75 Å². The van der Waals surface area contributed by atoms with Crippen molar-refractivity contribution < 1.29 is 9.47 Å². The van der Waals surface area contributed by atoms with Gasteiger partial charge in [-0.05, 0) is 61.2 Å². The Hall–Kier alpha value is -2.10. The van der Waals surface area contributed by atoms with E-state index < -0.39 is 0 Å². The highest BCUT2D eigenvalue weighted by atomic mass is 16.7. The Morgan fingerprint density at radius 2 is 1.82 bits per heavy atom. The van der Waals surface area contributed by atoms with E-state index in [1.807, 2.05) is 0 Å². The summed E-state index contributed by atoms with van der Waals surface area (Å²) in [6, 6.07) is 15.1. The molecule has 0 bridgehead atoms. The molecule has 0 amide bonds. The fourth-order valence-electron chi connectivity index (χ4n) is 3.84. The van der Waals surface area contributed by atoms with Crippen LogP contribution in [-0.2, 0) is 11.2 Å². The van der Waals surface area contributed by atoms with Gasteiger partial charge in [0.05, 0.1) is 0 Å². The number of aryl methyl sites for hydroxylation is 1. The van der Waals surface area contributed by atoms with Crippen LogP contribution >= 0.6 is 0 Å². The van der Waals surface area contributed by atoms with Crippen LogP contribution in [0.15, 0.2) is 48.5 Å². The number of hydrogen-bond acceptors (Lipinski definition) is 3. The van der Waals surface area contributed by atoms with Crippen molar-refractivity contribution in [2.45, 2.75) is 39.0 Å². The van der Waals surface area contributed by atoms with E-state index in [9.17, 15) is 0 Å². The van der Waals surface area contributed by atoms with Crippen molar-refractivity contribution in [3.63, 3.8) is 0 Å². The molecular formula is C25H33NO2. The maximum Gasteiger partial charge on any atom is 0.188 e. The Morgan fingerprint density at radius 3 is 2.61 bits per heavy atom. The molecular weight excluding hydrogens is 346 g/mol. The predicted octanol–water partition coefficient (Wildman–Crippen LogP) is 5.79. The summed E-state index contributed by atoms with van der Waals surface area (Å²) in [6.07, 6.45) is 10.8. The third kappa shape index (κ3) is 5.70. The zero-order valence-corrected chi connectivity index (χ0v) is 17.3. The molecule has 1 saturated heterocycles. The zero-order chi connectivity index (χ0) is 19.6. The second-order valence-corrected chi connectivity index (χ2v) is 7.48. The summed E-state index contributed by atoms with van der Waals surface area (Å²) in [5.41, 5.74) is 4.92. The van der Waals surface area contributed by atoms with Gasteiger partial charge in [0.2, 0.25) is 0 Å². The molecule has 0 atom stereocenters. The lowest BCUT2D eigenvalue weighted by Crippen LogP contribution is -2.29. The molecule has 150 valence electrons. The lowest BCUT2D eigenvalue weighted by Gasteiger charge is -2.24. The minimum atomic E-state index is 0.257. The number of rotatable bonds is 9. The van der Waals surface area contributed by atoms with E-state index in [0.29, 0.717) is 0 Å². The third-order valence-electron chi connectivity index (χ3n) is 5.28. The highest BCUT2D eigenvalue weighted by Crippen LogP contribution is 2.34. The van der Waals surface area contributed by atoms with Gasteiger partial charge < -0.3 is 9.47 Å². The Labute approximate surface area is 170 Å². The van der Waals surface area contributed by atoms with E-state index in [1.165, 1.54) is 49.0 Å². The van der Waals surface area contributed by atoms with Gasteiger partial charge in [-0.15, -0.1) is 0 Å². The summed E-state index contributed by atoms with van der Waals surface area (Å²) in [5.74, 6) is 0.874. The molecule has 1 heterocycles. The molecule has 2 aromatic carbocycles. The summed E-state index contributed by atoms with van der Waals surface area (Å²) in [4.78, 5) is 2.54. The summed E-state index contributed by atoms with van der Waals surface area (Å²) >= 11 is 0. The van der Waals surface area contributed by atoms with Crippen molar-refractivity contribution in [3.8, 4) is 16.9 Å². The Kier molecular flexibility index (Phi) is 8.13. The summed E-state index contributed by atoms with van der Waals surface area (Å²) in [5, 5.41) is 0. The Balaban J connectivity index is 1.86. The maximum absolute atomic E-state index is 5.87. The first-order valence-corrected chi connectivity index (χ1v) is 10.5. The molecule has 0 saturated carbocycles. The van der Waals surface area contributed by atoms with Gasteiger partial charge >= 0.3 is 0 Å². The Bertz CT molecular complexity index is 763. The van der Waals surface area contributed by atoms with Gasteiger partial charge in [0.15, 0.2) is 6.79 Å². The number of methoxy groups -OCH3 is 1. The number of hydrogen-bond donors (Lipinski definition) is 0. The van der Waals surface area contributed by atoms with E-state index in [2.05, 4.69) is 66.4 Å². The standard InChI is InChI=1S/C25H33NO2/c1-3-10-21-14-15-25(28-20-27-2)24(19-21)23-13-6-5-11-22(23)12-9-18-26-16-7-4-8-17-26/h5-6,9,11-15,19H,3-4,7-8,10,16-18,20H2,1-2H3/b12-9+. The molecule has 0 unspecified atom stereocenters. The van der Waals surface area contributed by atoms with Crippen LogP contribution in [0.3, 0.4) is 0 Å². The van der Waals surface area contributed by atoms with Crippen molar-refractivity contribution in [1.82, 2.24) is 4.90 Å². The van der Waals surface area contributed by atoms with Gasteiger partial charge in [0.25, 0.3) is 0 Å². The molecule has 3 nitrogen and oxygen atoms in total. The van der Waals surface area contributed by atoms with Gasteiger partial charge in [0.1, 0.15) is 5.75 Å². The largest absolute Gasteiger partial charge is 0.467 e. The van der Waals surface area contributed by atoms with Crippen molar-refractivity contribution in [2.24, 2.45) is 0 Å². The first-order chi connectivity index (χ1) is 13.8. The van der Waals surface area contributed by atoms with Gasteiger partial charge in [-0.1, -0.05) is 62.2 Å². The molecule has 3 heteroatoms. The van der Waals surface area contributed by atoms with Crippen LogP contribution in [-0.4, -0.2) is 38.4 Å². The average Bonchev–Trinajstić information content (AvgIpc) is 2.74.